The summed E-state index contributed by atoms with van der Waals surface area (Å²) in [7, 11) is 0. The van der Waals surface area contributed by atoms with E-state index in [4.69, 9.17) is 16.3 Å². The van der Waals surface area contributed by atoms with Crippen LogP contribution in [-0.2, 0) is 12.2 Å². The highest BCUT2D eigenvalue weighted by atomic mass is 79.9. The fourth-order valence-corrected chi connectivity index (χ4v) is 4.00. The number of aromatic nitrogens is 3. The van der Waals surface area contributed by atoms with Gasteiger partial charge in [-0.25, -0.2) is 0 Å². The number of hydrogen-bond acceptors (Lipinski definition) is 5. The van der Waals surface area contributed by atoms with Crippen molar-refractivity contribution in [1.82, 2.24) is 14.9 Å². The van der Waals surface area contributed by atoms with Crippen molar-refractivity contribution in [1.29, 1.82) is 0 Å². The van der Waals surface area contributed by atoms with Gasteiger partial charge in [0.25, 0.3) is 0 Å². The van der Waals surface area contributed by atoms with Crippen LogP contribution in [0.1, 0.15) is 37.2 Å². The van der Waals surface area contributed by atoms with E-state index in [0.717, 1.165) is 50.4 Å². The van der Waals surface area contributed by atoms with Crippen LogP contribution >= 0.6 is 39.3 Å². The molecule has 0 N–H and O–H groups in total. The third-order valence-electron chi connectivity index (χ3n) is 4.02. The molecule has 0 fully saturated rings. The van der Waals surface area contributed by atoms with Gasteiger partial charge in [0.1, 0.15) is 5.75 Å². The van der Waals surface area contributed by atoms with Crippen molar-refractivity contribution >= 4 is 45.5 Å². The Morgan fingerprint density at radius 1 is 1.17 bits per heavy atom. The number of aryl methyl sites for hydroxylation is 1. The molecule has 3 aromatic rings. The number of thioether (sulfide) groups is 1. The van der Waals surface area contributed by atoms with Crippen LogP contribution in [0.5, 0.6) is 5.75 Å². The summed E-state index contributed by atoms with van der Waals surface area (Å²) in [5, 5.41) is 14.9. The van der Waals surface area contributed by atoms with Crippen molar-refractivity contribution in [2.24, 2.45) is 5.10 Å². The van der Waals surface area contributed by atoms with Gasteiger partial charge in [0, 0.05) is 27.2 Å². The van der Waals surface area contributed by atoms with Gasteiger partial charge >= 0.3 is 0 Å². The van der Waals surface area contributed by atoms with E-state index in [0.29, 0.717) is 6.61 Å². The number of halogens is 2. The highest BCUT2D eigenvalue weighted by Gasteiger charge is 2.12. The van der Waals surface area contributed by atoms with Crippen LogP contribution in [0.2, 0.25) is 5.02 Å². The van der Waals surface area contributed by atoms with Gasteiger partial charge in [0.05, 0.1) is 12.8 Å². The Kier molecular flexibility index (Phi) is 8.15. The fourth-order valence-electron chi connectivity index (χ4n) is 2.64. The Morgan fingerprint density at radius 3 is 2.69 bits per heavy atom. The maximum Gasteiger partial charge on any atom is 0.212 e. The van der Waals surface area contributed by atoms with Gasteiger partial charge in [-0.05, 0) is 49.2 Å². The zero-order valence-corrected chi connectivity index (χ0v) is 19.5. The Balaban J connectivity index is 1.85. The van der Waals surface area contributed by atoms with Crippen LogP contribution < -0.4 is 4.74 Å². The Labute approximate surface area is 188 Å². The van der Waals surface area contributed by atoms with Gasteiger partial charge in [0.2, 0.25) is 5.16 Å². The summed E-state index contributed by atoms with van der Waals surface area (Å²) in [6.07, 6.45) is 3.57. The van der Waals surface area contributed by atoms with Gasteiger partial charge in [-0.2, -0.15) is 9.78 Å². The second kappa shape index (κ2) is 10.8. The van der Waals surface area contributed by atoms with Gasteiger partial charge in [-0.15, -0.1) is 10.2 Å². The van der Waals surface area contributed by atoms with Crippen molar-refractivity contribution in [3.05, 3.63) is 68.9 Å². The summed E-state index contributed by atoms with van der Waals surface area (Å²) < 4.78 is 8.51. The van der Waals surface area contributed by atoms with Gasteiger partial charge in [-0.1, -0.05) is 58.3 Å². The minimum absolute atomic E-state index is 0.596. The Morgan fingerprint density at radius 2 is 1.97 bits per heavy atom. The smallest absolute Gasteiger partial charge is 0.212 e. The van der Waals surface area contributed by atoms with Crippen molar-refractivity contribution < 1.29 is 4.74 Å². The predicted molar refractivity (Wildman–Crippen MR) is 123 cm³/mol. The van der Waals surface area contributed by atoms with E-state index in [-0.39, 0.29) is 0 Å². The van der Waals surface area contributed by atoms with Crippen molar-refractivity contribution in [2.45, 2.75) is 37.6 Å². The lowest BCUT2D eigenvalue weighted by Crippen LogP contribution is -2.02. The monoisotopic (exact) mass is 492 g/mol. The molecule has 3 rings (SSSR count). The largest absolute Gasteiger partial charge is 0.493 e. The normalized spacial score (nSPS) is 11.3. The van der Waals surface area contributed by atoms with Gasteiger partial charge in [-0.3, -0.25) is 0 Å². The van der Waals surface area contributed by atoms with E-state index in [9.17, 15) is 0 Å². The first kappa shape index (κ1) is 21.9. The molecular weight excluding hydrogens is 472 g/mol. The van der Waals surface area contributed by atoms with Crippen LogP contribution in [0.4, 0.5) is 0 Å². The lowest BCUT2D eigenvalue weighted by atomic mass is 10.2. The zero-order chi connectivity index (χ0) is 20.6. The second-order valence-corrected chi connectivity index (χ2v) is 8.53. The topological polar surface area (TPSA) is 52.3 Å². The molecule has 0 saturated heterocycles. The van der Waals surface area contributed by atoms with E-state index in [1.807, 2.05) is 54.1 Å². The van der Waals surface area contributed by atoms with Crippen LogP contribution in [0.15, 0.2) is 57.2 Å². The first-order chi connectivity index (χ1) is 14.1. The third-order valence-corrected chi connectivity index (χ3v) is 5.75. The highest BCUT2D eigenvalue weighted by Crippen LogP contribution is 2.25. The van der Waals surface area contributed by atoms with E-state index in [1.165, 1.54) is 5.56 Å². The van der Waals surface area contributed by atoms with E-state index >= 15 is 0 Å². The van der Waals surface area contributed by atoms with E-state index in [1.54, 1.807) is 18.0 Å². The molecule has 0 saturated carbocycles. The number of benzene rings is 2. The maximum atomic E-state index is 5.97. The molecule has 0 bridgehead atoms. The molecule has 0 spiro atoms. The second-order valence-electron chi connectivity index (χ2n) is 6.24. The van der Waals surface area contributed by atoms with E-state index < -0.39 is 0 Å². The molecule has 0 aliphatic rings. The van der Waals surface area contributed by atoms with Crippen LogP contribution in [0.3, 0.4) is 0 Å². The number of ether oxygens (including phenoxy) is 1. The summed E-state index contributed by atoms with van der Waals surface area (Å²) in [6, 6.07) is 13.7. The predicted octanol–water partition coefficient (Wildman–Crippen LogP) is 6.22. The highest BCUT2D eigenvalue weighted by molar-refractivity contribution is 9.10. The number of rotatable bonds is 9. The van der Waals surface area contributed by atoms with E-state index in [2.05, 4.69) is 38.2 Å². The maximum absolute atomic E-state index is 5.97. The van der Waals surface area contributed by atoms with Crippen LogP contribution in [0.25, 0.3) is 0 Å². The molecule has 152 valence electrons. The molecule has 2 aromatic carbocycles. The molecule has 0 amide bonds. The molecule has 0 aliphatic carbocycles. The van der Waals surface area contributed by atoms with Gasteiger partial charge < -0.3 is 4.74 Å². The standard InChI is InChI=1S/C21H22BrClN4OS/c1-3-5-20-25-26-21(29-14-15-6-9-18(23)10-7-15)27(20)24-13-16-12-17(22)8-11-19(16)28-4-2/h6-13H,3-5,14H2,1-2H3/b24-13-. The van der Waals surface area contributed by atoms with Crippen molar-refractivity contribution in [3.8, 4) is 5.75 Å². The third kappa shape index (κ3) is 6.07. The van der Waals surface area contributed by atoms with Gasteiger partial charge in [0.15, 0.2) is 5.82 Å². The number of nitrogens with zero attached hydrogens (tertiary/aromatic N) is 4. The zero-order valence-electron chi connectivity index (χ0n) is 16.3. The first-order valence-electron chi connectivity index (χ1n) is 9.39. The SMILES string of the molecule is CCCc1nnc(SCc2ccc(Cl)cc2)n1/N=C\c1cc(Br)ccc1OCC. The first-order valence-corrected chi connectivity index (χ1v) is 11.5. The molecule has 5 nitrogen and oxygen atoms in total. The molecule has 1 aromatic heterocycles. The average Bonchev–Trinajstić information content (AvgIpc) is 3.09. The molecule has 0 unspecified atom stereocenters. The average molecular weight is 494 g/mol. The summed E-state index contributed by atoms with van der Waals surface area (Å²) in [5.41, 5.74) is 2.06. The minimum Gasteiger partial charge on any atom is -0.493 e. The van der Waals surface area contributed by atoms with Crippen LogP contribution in [-0.4, -0.2) is 27.7 Å². The minimum atomic E-state index is 0.596. The molecule has 29 heavy (non-hydrogen) atoms. The van der Waals surface area contributed by atoms with Crippen molar-refractivity contribution in [3.63, 3.8) is 0 Å². The lowest BCUT2D eigenvalue weighted by molar-refractivity contribution is 0.339. The quantitative estimate of drug-likeness (QED) is 0.262. The fraction of sp³-hybridized carbons (Fsp3) is 0.286. The summed E-state index contributed by atoms with van der Waals surface area (Å²) in [5.74, 6) is 2.40. The number of hydrogen-bond donors (Lipinski definition) is 0. The molecular formula is C21H22BrClN4OS. The molecule has 1 heterocycles. The van der Waals surface area contributed by atoms with Crippen LogP contribution in [0, 0.1) is 0 Å². The molecule has 8 heteroatoms. The molecule has 0 atom stereocenters. The molecule has 0 aliphatic heterocycles. The summed E-state index contributed by atoms with van der Waals surface area (Å²) in [6.45, 7) is 4.68. The van der Waals surface area contributed by atoms with Crippen molar-refractivity contribution in [2.75, 3.05) is 6.61 Å². The lowest BCUT2D eigenvalue weighted by Gasteiger charge is -2.08. The Hall–Kier alpha value is -1.83. The Bertz CT molecular complexity index is 975. The summed E-state index contributed by atoms with van der Waals surface area (Å²) >= 11 is 11.1. The summed E-state index contributed by atoms with van der Waals surface area (Å²) in [4.78, 5) is 0. The molecule has 0 radical (unpaired) electrons.